The molecule has 0 fully saturated rings. The number of carbonyl (C=O) groups is 3. The second-order valence-corrected chi connectivity index (χ2v) is 13.6. The highest BCUT2D eigenvalue weighted by molar-refractivity contribution is 8.14. The number of aromatic nitrogens is 1. The van der Waals surface area contributed by atoms with Crippen molar-refractivity contribution in [2.24, 2.45) is 4.99 Å². The number of thioether (sulfide) groups is 2. The van der Waals surface area contributed by atoms with Crippen molar-refractivity contribution < 1.29 is 19.1 Å². The van der Waals surface area contributed by atoms with Crippen LogP contribution in [0.4, 0.5) is 0 Å². The molecular formula is C42H85N3O4S3. The summed E-state index contributed by atoms with van der Waals surface area (Å²) in [5, 5.41) is 6.56. The number of ketones is 1. The summed E-state index contributed by atoms with van der Waals surface area (Å²) >= 11 is 4.29. The van der Waals surface area contributed by atoms with E-state index in [9.17, 15) is 14.4 Å². The van der Waals surface area contributed by atoms with Crippen molar-refractivity contribution in [3.63, 3.8) is 0 Å². The van der Waals surface area contributed by atoms with E-state index in [1.165, 1.54) is 80.3 Å². The average Bonchev–Trinajstić information content (AvgIpc) is 3.62. The summed E-state index contributed by atoms with van der Waals surface area (Å²) in [5.74, 6) is 0.637. The molecule has 1 heterocycles. The lowest BCUT2D eigenvalue weighted by atomic mass is 10.1. The Morgan fingerprint density at radius 1 is 0.904 bits per heavy atom. The van der Waals surface area contributed by atoms with E-state index in [-0.39, 0.29) is 29.3 Å². The van der Waals surface area contributed by atoms with E-state index in [0.29, 0.717) is 24.6 Å². The smallest absolute Gasteiger partial charge is 0.223 e. The number of aliphatic imine (C=N–C) groups is 1. The third-order valence-corrected chi connectivity index (χ3v) is 7.97. The van der Waals surface area contributed by atoms with Crippen molar-refractivity contribution in [1.82, 2.24) is 10.3 Å². The van der Waals surface area contributed by atoms with Gasteiger partial charge in [-0.2, -0.15) is 0 Å². The number of allylic oxidation sites excluding steroid dienone is 1. The van der Waals surface area contributed by atoms with Crippen molar-refractivity contribution in [2.75, 3.05) is 18.6 Å². The first-order chi connectivity index (χ1) is 25.0. The number of hydrogen-bond acceptors (Lipinski definition) is 9. The van der Waals surface area contributed by atoms with Crippen molar-refractivity contribution in [2.45, 2.75) is 200 Å². The van der Waals surface area contributed by atoms with E-state index in [2.05, 4.69) is 63.8 Å². The Bertz CT molecular complexity index is 933. The van der Waals surface area contributed by atoms with Gasteiger partial charge >= 0.3 is 0 Å². The molecule has 0 spiro atoms. The molecule has 0 radical (unpaired) electrons. The standard InChI is InChI=1S/C27H43N3O4S3.3C3H8.3C2H6/c1-6-8-9-10-11-15-26(33)36-16-13-12-14-22(34-7-2)17-24(32)28-18-25-30-23(19-37-25)27(35-5)29-20(3)21(4)31;3*1-3-2;3*1-2/h12,14,19-20,22H,6-11,13,15-18H2,1-5H3,(H,28,32);3*3H2,1-2H3;3*1-2H3/b14-12+,29-27?;;;;;;/t20-,22-;;;;;;/m1....../s1. The van der Waals surface area contributed by atoms with Crippen LogP contribution in [-0.4, -0.2) is 57.6 Å². The maximum absolute atomic E-state index is 12.5. The monoisotopic (exact) mass is 792 g/mol. The van der Waals surface area contributed by atoms with E-state index in [4.69, 9.17) is 4.74 Å². The molecule has 52 heavy (non-hydrogen) atoms. The highest BCUT2D eigenvalue weighted by Crippen LogP contribution is 2.17. The topological polar surface area (TPSA) is 97.7 Å². The third kappa shape index (κ3) is 46.5. The zero-order valence-electron chi connectivity index (χ0n) is 37.0. The Labute approximate surface area is 336 Å². The van der Waals surface area contributed by atoms with Gasteiger partial charge in [0.15, 0.2) is 10.9 Å². The number of thiazole rings is 1. The maximum atomic E-state index is 12.5. The molecule has 2 atom stereocenters. The van der Waals surface area contributed by atoms with Crippen LogP contribution in [0, 0.1) is 0 Å². The molecule has 1 rings (SSSR count). The number of unbranched alkanes of at least 4 members (excludes halogenated alkanes) is 4. The Kier molecular flexibility index (Phi) is 64.7. The molecule has 0 aliphatic heterocycles. The van der Waals surface area contributed by atoms with E-state index in [1.807, 2.05) is 72.3 Å². The Morgan fingerprint density at radius 3 is 1.92 bits per heavy atom. The third-order valence-electron chi connectivity index (χ3n) is 5.45. The summed E-state index contributed by atoms with van der Waals surface area (Å²) in [4.78, 5) is 45.0. The van der Waals surface area contributed by atoms with Gasteiger partial charge in [0, 0.05) is 24.2 Å². The van der Waals surface area contributed by atoms with Gasteiger partial charge in [-0.05, 0) is 39.9 Å². The zero-order chi connectivity index (χ0) is 41.6. The number of nitrogens with one attached hydrogen (secondary N) is 1. The van der Waals surface area contributed by atoms with Crippen LogP contribution in [0.25, 0.3) is 0 Å². The van der Waals surface area contributed by atoms with Crippen LogP contribution in [0.1, 0.15) is 192 Å². The minimum Gasteiger partial charge on any atom is -0.374 e. The lowest BCUT2D eigenvalue weighted by molar-refractivity contribution is -0.123. The molecule has 0 aliphatic carbocycles. The van der Waals surface area contributed by atoms with E-state index >= 15 is 0 Å². The van der Waals surface area contributed by atoms with Gasteiger partial charge in [-0.3, -0.25) is 19.4 Å². The molecule has 1 aromatic heterocycles. The number of amides is 1. The van der Waals surface area contributed by atoms with Crippen molar-refractivity contribution in [3.8, 4) is 0 Å². The number of rotatable bonds is 19. The average molecular weight is 792 g/mol. The van der Waals surface area contributed by atoms with E-state index in [1.54, 1.807) is 6.92 Å². The van der Waals surface area contributed by atoms with Gasteiger partial charge in [-0.1, -0.05) is 159 Å². The fourth-order valence-corrected chi connectivity index (χ4v) is 5.38. The van der Waals surface area contributed by atoms with Crippen LogP contribution in [0.3, 0.4) is 0 Å². The van der Waals surface area contributed by atoms with Crippen molar-refractivity contribution in [3.05, 3.63) is 28.2 Å². The minimum absolute atomic E-state index is 0.00702. The summed E-state index contributed by atoms with van der Waals surface area (Å²) in [6.07, 6.45) is 16.7. The molecule has 0 saturated carbocycles. The molecule has 0 bridgehead atoms. The van der Waals surface area contributed by atoms with Gasteiger partial charge in [0.2, 0.25) is 5.91 Å². The van der Waals surface area contributed by atoms with E-state index in [0.717, 1.165) is 35.7 Å². The predicted octanol–water partition coefficient (Wildman–Crippen LogP) is 13.5. The Hall–Kier alpha value is -1.49. The summed E-state index contributed by atoms with van der Waals surface area (Å²) in [6, 6.07) is -0.407. The largest absolute Gasteiger partial charge is 0.374 e. The van der Waals surface area contributed by atoms with Crippen LogP contribution < -0.4 is 5.32 Å². The first-order valence-corrected chi connectivity index (χ1v) is 23.4. The van der Waals surface area contributed by atoms with Crippen molar-refractivity contribution >= 4 is 56.7 Å². The van der Waals surface area contributed by atoms with Crippen LogP contribution in [0.2, 0.25) is 0 Å². The van der Waals surface area contributed by atoms with Crippen LogP contribution >= 0.6 is 34.9 Å². The molecule has 10 heteroatoms. The van der Waals surface area contributed by atoms with E-state index < -0.39 is 6.04 Å². The van der Waals surface area contributed by atoms with Crippen molar-refractivity contribution in [1.29, 1.82) is 0 Å². The summed E-state index contributed by atoms with van der Waals surface area (Å²) in [7, 11) is 0. The summed E-state index contributed by atoms with van der Waals surface area (Å²) < 4.78 is 5.70. The molecule has 0 unspecified atom stereocenters. The quantitative estimate of drug-likeness (QED) is 0.0645. The van der Waals surface area contributed by atoms with Gasteiger partial charge in [0.05, 0.1) is 19.1 Å². The molecule has 1 amide bonds. The van der Waals surface area contributed by atoms with Gasteiger partial charge in [0.25, 0.3) is 0 Å². The number of nitrogens with zero attached hydrogens (tertiary/aromatic N) is 2. The Balaban J connectivity index is -0.000000305. The molecule has 7 nitrogen and oxygen atoms in total. The molecule has 1 aromatic rings. The van der Waals surface area contributed by atoms with Crippen LogP contribution in [0.15, 0.2) is 22.5 Å². The van der Waals surface area contributed by atoms with Crippen LogP contribution in [-0.2, 0) is 25.7 Å². The lowest BCUT2D eigenvalue weighted by Crippen LogP contribution is -2.27. The first kappa shape index (κ1) is 62.5. The molecule has 1 N–H and O–H groups in total. The Morgan fingerprint density at radius 2 is 1.44 bits per heavy atom. The van der Waals surface area contributed by atoms with Crippen LogP contribution in [0.5, 0.6) is 0 Å². The molecule has 0 aliphatic rings. The number of hydrogen-bond donors (Lipinski definition) is 1. The SMILES string of the molecule is CC.CC.CC.CCC.CCC.CCC.CCCCCCCC(=O)SCC/C=C/[C@H](CC(=O)NCc1nc(C(=N[C@H](C)C(C)=O)SC)cs1)OCC. The zero-order valence-corrected chi connectivity index (χ0v) is 39.5. The molecular weight excluding hydrogens is 707 g/mol. The minimum atomic E-state index is -0.407. The molecule has 0 aromatic carbocycles. The number of carbonyl (C=O) groups excluding carboxylic acids is 3. The predicted molar refractivity (Wildman–Crippen MR) is 241 cm³/mol. The maximum Gasteiger partial charge on any atom is 0.223 e. The normalized spacial score (nSPS) is 11.1. The molecule has 0 saturated heterocycles. The molecule has 310 valence electrons. The highest BCUT2D eigenvalue weighted by atomic mass is 32.2. The van der Waals surface area contributed by atoms with Gasteiger partial charge in [-0.25, -0.2) is 4.98 Å². The number of ether oxygens (including phenoxy) is 1. The van der Waals surface area contributed by atoms with Gasteiger partial charge in [0.1, 0.15) is 21.8 Å². The summed E-state index contributed by atoms with van der Waals surface area (Å²) in [5.41, 5.74) is 0.720. The fourth-order valence-electron chi connectivity index (χ4n) is 3.24. The van der Waals surface area contributed by atoms with Gasteiger partial charge < -0.3 is 10.1 Å². The summed E-state index contributed by atoms with van der Waals surface area (Å²) in [6.45, 7) is 33.0. The highest BCUT2D eigenvalue weighted by Gasteiger charge is 2.14. The second-order valence-electron chi connectivity index (χ2n) is 10.7. The number of Topliss-reactive ketones (excluding diaryl/α,β-unsaturated/α-hetero) is 1. The first-order valence-electron chi connectivity index (χ1n) is 20.3. The second kappa shape index (κ2) is 53.9. The lowest BCUT2D eigenvalue weighted by Gasteiger charge is -2.12. The van der Waals surface area contributed by atoms with Gasteiger partial charge in [-0.15, -0.1) is 23.1 Å². The fraction of sp³-hybridized carbons (Fsp3) is 0.786.